The third kappa shape index (κ3) is 12.7. The molecule has 0 unspecified atom stereocenters. The molecule has 3 N–H and O–H groups in total. The van der Waals surface area contributed by atoms with Gasteiger partial charge in [0, 0.05) is 59.4 Å². The summed E-state index contributed by atoms with van der Waals surface area (Å²) in [6.07, 6.45) is 0.760. The van der Waals surface area contributed by atoms with Crippen molar-refractivity contribution in [1.82, 2.24) is 4.72 Å². The zero-order valence-corrected chi connectivity index (χ0v) is 9.66. The molecule has 53 valence electrons. The van der Waals surface area contributed by atoms with Gasteiger partial charge in [-0.2, -0.15) is 8.42 Å². The summed E-state index contributed by atoms with van der Waals surface area (Å²) in [6.45, 7) is 2.27. The predicted molar refractivity (Wildman–Crippen MR) is 39.3 cm³/mol. The normalized spacial score (nSPS) is 10.4. The molecular weight excluding hydrogens is 167 g/mol. The van der Waals surface area contributed by atoms with Crippen LogP contribution in [-0.4, -0.2) is 66.3 Å². The Balaban J connectivity index is -0.000000245. The topological polar surface area (TPSA) is 72.2 Å². The molecule has 0 aromatic carbocycles. The van der Waals surface area contributed by atoms with Gasteiger partial charge in [0.25, 0.3) is 10.2 Å². The zero-order chi connectivity index (χ0) is 6.62. The molecule has 0 bridgehead atoms. The van der Waals surface area contributed by atoms with Gasteiger partial charge in [0.2, 0.25) is 0 Å². The summed E-state index contributed by atoms with van der Waals surface area (Å²) in [7, 11) is -3.44. The standard InChI is InChI=1S/C3H10N2O2S.K.H2/c1-2-3-5-8(4,6)7;;/h5H,2-3H2,1H3,(H2,4,6,7);;1H. The molecule has 0 saturated heterocycles. The molecule has 0 heterocycles. The molecule has 0 aromatic rings. The first kappa shape index (κ1) is 13.1. The Morgan fingerprint density at radius 1 is 1.67 bits per heavy atom. The average Bonchev–Trinajstić information content (AvgIpc) is 1.59. The van der Waals surface area contributed by atoms with Crippen LogP contribution in [0, 0.1) is 0 Å². The fourth-order valence-electron chi connectivity index (χ4n) is 0.244. The summed E-state index contributed by atoms with van der Waals surface area (Å²) in [5.74, 6) is 0. The number of hydrogen-bond donors (Lipinski definition) is 2. The Labute approximate surface area is 99.7 Å². The van der Waals surface area contributed by atoms with E-state index >= 15 is 0 Å². The van der Waals surface area contributed by atoms with E-state index < -0.39 is 10.2 Å². The minimum absolute atomic E-state index is 0. The zero-order valence-electron chi connectivity index (χ0n) is 5.72. The molecule has 4 nitrogen and oxygen atoms in total. The number of nitrogens with one attached hydrogen (secondary N) is 1. The molecule has 0 fully saturated rings. The van der Waals surface area contributed by atoms with Crippen LogP contribution in [0.25, 0.3) is 0 Å². The van der Waals surface area contributed by atoms with Crippen molar-refractivity contribution in [2.24, 2.45) is 5.14 Å². The van der Waals surface area contributed by atoms with Crippen LogP contribution in [0.5, 0.6) is 0 Å². The maximum atomic E-state index is 10.1. The summed E-state index contributed by atoms with van der Waals surface area (Å²) >= 11 is 0. The molecular formula is C3H12KN2O2S. The van der Waals surface area contributed by atoms with E-state index in [1.165, 1.54) is 0 Å². The van der Waals surface area contributed by atoms with Crippen LogP contribution in [-0.2, 0) is 10.2 Å². The molecule has 0 atom stereocenters. The van der Waals surface area contributed by atoms with E-state index in [1.807, 2.05) is 6.92 Å². The number of hydrogen-bond acceptors (Lipinski definition) is 2. The second-order valence-electron chi connectivity index (χ2n) is 1.44. The van der Waals surface area contributed by atoms with Crippen molar-refractivity contribution in [1.29, 1.82) is 0 Å². The second-order valence-corrected chi connectivity index (χ2v) is 2.82. The van der Waals surface area contributed by atoms with Gasteiger partial charge in [-0.15, -0.1) is 0 Å². The molecule has 0 saturated carbocycles. The van der Waals surface area contributed by atoms with Crippen LogP contribution >= 0.6 is 0 Å². The third-order valence-electron chi connectivity index (χ3n) is 0.553. The number of nitrogens with two attached hydrogens (primary N) is 1. The van der Waals surface area contributed by atoms with Gasteiger partial charge in [0.15, 0.2) is 0 Å². The van der Waals surface area contributed by atoms with E-state index in [0.717, 1.165) is 6.42 Å². The first-order chi connectivity index (χ1) is 3.56. The SMILES string of the molecule is CCCNS(N)(=O)=O.[HH].[K]. The molecule has 1 radical (unpaired) electrons. The Morgan fingerprint density at radius 3 is 2.22 bits per heavy atom. The van der Waals surface area contributed by atoms with Gasteiger partial charge >= 0.3 is 0 Å². The minimum atomic E-state index is -3.44. The summed E-state index contributed by atoms with van der Waals surface area (Å²) in [5, 5.41) is 4.58. The molecule has 0 aliphatic rings. The Kier molecular flexibility index (Phi) is 9.09. The van der Waals surface area contributed by atoms with Gasteiger partial charge in [-0.1, -0.05) is 6.92 Å². The van der Waals surface area contributed by atoms with Crippen LogP contribution in [0.15, 0.2) is 0 Å². The smallest absolute Gasteiger partial charge is 0.216 e. The van der Waals surface area contributed by atoms with Crippen LogP contribution in [0.1, 0.15) is 14.8 Å². The van der Waals surface area contributed by atoms with E-state index in [0.29, 0.717) is 6.54 Å². The fraction of sp³-hybridized carbons (Fsp3) is 1.00. The van der Waals surface area contributed by atoms with Gasteiger partial charge in [-0.05, 0) is 6.42 Å². The van der Waals surface area contributed by atoms with Crippen LogP contribution in [0.3, 0.4) is 0 Å². The van der Waals surface area contributed by atoms with E-state index in [2.05, 4.69) is 9.86 Å². The van der Waals surface area contributed by atoms with Crippen molar-refractivity contribution in [3.63, 3.8) is 0 Å². The Hall–Kier alpha value is 1.51. The van der Waals surface area contributed by atoms with Crippen molar-refractivity contribution in [2.75, 3.05) is 6.54 Å². The molecule has 0 spiro atoms. The fourth-order valence-corrected chi connectivity index (χ4v) is 0.733. The Morgan fingerprint density at radius 2 is 2.11 bits per heavy atom. The largest absolute Gasteiger partial charge is 0.274 e. The van der Waals surface area contributed by atoms with Crippen LogP contribution < -0.4 is 9.86 Å². The van der Waals surface area contributed by atoms with Gasteiger partial charge < -0.3 is 0 Å². The molecule has 0 aromatic heterocycles. The first-order valence-electron chi connectivity index (χ1n) is 2.33. The number of rotatable bonds is 3. The Bertz CT molecular complexity index is 149. The van der Waals surface area contributed by atoms with Gasteiger partial charge in [0.05, 0.1) is 0 Å². The molecule has 0 amide bonds. The quantitative estimate of drug-likeness (QED) is 0.549. The van der Waals surface area contributed by atoms with Crippen molar-refractivity contribution < 1.29 is 9.84 Å². The van der Waals surface area contributed by atoms with Gasteiger partial charge in [-0.25, -0.2) is 9.86 Å². The molecule has 0 aliphatic heterocycles. The van der Waals surface area contributed by atoms with Crippen molar-refractivity contribution >= 4 is 61.6 Å². The maximum Gasteiger partial charge on any atom is 0.274 e. The average molecular weight is 179 g/mol. The summed E-state index contributed by atoms with van der Waals surface area (Å²) in [5.41, 5.74) is 0. The second kappa shape index (κ2) is 6.23. The van der Waals surface area contributed by atoms with Crippen LogP contribution in [0.2, 0.25) is 0 Å². The minimum Gasteiger partial charge on any atom is -0.216 e. The van der Waals surface area contributed by atoms with Crippen molar-refractivity contribution in [3.8, 4) is 0 Å². The monoisotopic (exact) mass is 179 g/mol. The van der Waals surface area contributed by atoms with Crippen LogP contribution in [0.4, 0.5) is 0 Å². The summed E-state index contributed by atoms with van der Waals surface area (Å²) in [6, 6.07) is 0. The summed E-state index contributed by atoms with van der Waals surface area (Å²) in [4.78, 5) is 0. The molecule has 9 heavy (non-hydrogen) atoms. The van der Waals surface area contributed by atoms with E-state index in [9.17, 15) is 8.42 Å². The van der Waals surface area contributed by atoms with Crippen molar-refractivity contribution in [3.05, 3.63) is 0 Å². The molecule has 0 rings (SSSR count). The van der Waals surface area contributed by atoms with E-state index in [4.69, 9.17) is 0 Å². The summed E-state index contributed by atoms with van der Waals surface area (Å²) < 4.78 is 22.2. The maximum absolute atomic E-state index is 10.1. The first-order valence-corrected chi connectivity index (χ1v) is 3.88. The molecule has 0 aliphatic carbocycles. The van der Waals surface area contributed by atoms with Crippen molar-refractivity contribution in [2.45, 2.75) is 13.3 Å². The predicted octanol–water partition coefficient (Wildman–Crippen LogP) is -0.945. The van der Waals surface area contributed by atoms with Gasteiger partial charge in [0.1, 0.15) is 0 Å². The van der Waals surface area contributed by atoms with E-state index in [-0.39, 0.29) is 52.8 Å². The van der Waals surface area contributed by atoms with Gasteiger partial charge in [-0.3, -0.25) is 0 Å². The molecule has 6 heteroatoms. The third-order valence-corrected chi connectivity index (χ3v) is 1.16. The van der Waals surface area contributed by atoms with E-state index in [1.54, 1.807) is 0 Å².